The van der Waals surface area contributed by atoms with Crippen molar-refractivity contribution in [1.82, 2.24) is 5.32 Å². The minimum absolute atomic E-state index is 0.0910. The van der Waals surface area contributed by atoms with Crippen molar-refractivity contribution in [1.29, 1.82) is 0 Å². The number of hydrogen-bond donors (Lipinski definition) is 1. The van der Waals surface area contributed by atoms with Crippen molar-refractivity contribution in [3.05, 3.63) is 58.0 Å². The molecule has 0 fully saturated rings. The number of halogens is 1. The van der Waals surface area contributed by atoms with E-state index in [4.69, 9.17) is 0 Å². The van der Waals surface area contributed by atoms with Crippen molar-refractivity contribution in [3.8, 4) is 0 Å². The Hall–Kier alpha value is -1.19. The van der Waals surface area contributed by atoms with Crippen molar-refractivity contribution >= 4 is 11.3 Å². The molecule has 1 aromatic heterocycles. The van der Waals surface area contributed by atoms with Crippen molar-refractivity contribution in [2.75, 3.05) is 6.54 Å². The molecular weight excluding hydrogens is 269 g/mol. The van der Waals surface area contributed by atoms with Crippen LogP contribution in [0.2, 0.25) is 0 Å². The summed E-state index contributed by atoms with van der Waals surface area (Å²) in [5.41, 5.74) is 1.28. The predicted octanol–water partition coefficient (Wildman–Crippen LogP) is 4.60. The number of rotatable bonds is 5. The van der Waals surface area contributed by atoms with Gasteiger partial charge in [0.25, 0.3) is 0 Å². The molecule has 20 heavy (non-hydrogen) atoms. The Morgan fingerprint density at radius 1 is 1.15 bits per heavy atom. The molecule has 0 spiro atoms. The summed E-state index contributed by atoms with van der Waals surface area (Å²) in [6.07, 6.45) is 0.992. The minimum atomic E-state index is -0.174. The fourth-order valence-electron chi connectivity index (χ4n) is 2.14. The summed E-state index contributed by atoms with van der Waals surface area (Å²) < 4.78 is 13.1. The van der Waals surface area contributed by atoms with Gasteiger partial charge in [-0.1, -0.05) is 18.2 Å². The molecule has 0 aliphatic rings. The van der Waals surface area contributed by atoms with Crippen molar-refractivity contribution < 1.29 is 4.39 Å². The number of nitrogens with one attached hydrogen (secondary N) is 1. The van der Waals surface area contributed by atoms with Gasteiger partial charge in [-0.05, 0) is 56.3 Å². The summed E-state index contributed by atoms with van der Waals surface area (Å²) in [4.78, 5) is 1.37. The molecule has 2 aromatic rings. The lowest BCUT2D eigenvalue weighted by molar-refractivity contribution is 0.405. The molecule has 1 nitrogen and oxygen atoms in total. The average molecular weight is 291 g/mol. The van der Waals surface area contributed by atoms with E-state index in [9.17, 15) is 4.39 Å². The molecule has 1 N–H and O–H groups in total. The van der Waals surface area contributed by atoms with E-state index in [2.05, 4.69) is 43.6 Å². The van der Waals surface area contributed by atoms with Crippen LogP contribution in [-0.4, -0.2) is 12.1 Å². The molecular formula is C17H22FNS. The maximum atomic E-state index is 13.1. The fraction of sp³-hybridized carbons (Fsp3) is 0.412. The van der Waals surface area contributed by atoms with Gasteiger partial charge in [-0.15, -0.1) is 11.3 Å². The zero-order valence-electron chi connectivity index (χ0n) is 12.3. The Bertz CT molecular complexity index is 511. The third-order valence-corrected chi connectivity index (χ3v) is 4.15. The first-order valence-electron chi connectivity index (χ1n) is 6.97. The summed E-state index contributed by atoms with van der Waals surface area (Å²) in [7, 11) is 0. The fourth-order valence-corrected chi connectivity index (χ4v) is 2.93. The normalized spacial score (nSPS) is 13.4. The molecule has 1 atom stereocenters. The van der Waals surface area contributed by atoms with Gasteiger partial charge in [0.1, 0.15) is 5.82 Å². The van der Waals surface area contributed by atoms with Crippen molar-refractivity contribution in [3.63, 3.8) is 0 Å². The van der Waals surface area contributed by atoms with E-state index in [-0.39, 0.29) is 11.4 Å². The summed E-state index contributed by atoms with van der Waals surface area (Å²) in [5, 5.41) is 5.66. The van der Waals surface area contributed by atoms with Crippen LogP contribution in [0.15, 0.2) is 41.8 Å². The van der Waals surface area contributed by atoms with E-state index < -0.39 is 0 Å². The van der Waals surface area contributed by atoms with E-state index in [0.29, 0.717) is 5.92 Å². The van der Waals surface area contributed by atoms with Crippen LogP contribution < -0.4 is 5.32 Å². The second kappa shape index (κ2) is 6.51. The van der Waals surface area contributed by atoms with Crippen LogP contribution >= 0.6 is 11.3 Å². The van der Waals surface area contributed by atoms with Gasteiger partial charge in [-0.3, -0.25) is 0 Å². The monoisotopic (exact) mass is 291 g/mol. The van der Waals surface area contributed by atoms with Crippen LogP contribution in [0, 0.1) is 5.82 Å². The van der Waals surface area contributed by atoms with Crippen molar-refractivity contribution in [2.24, 2.45) is 0 Å². The Kier molecular flexibility index (Phi) is 4.95. The SMILES string of the molecule is CC(C)(C)NCC(Cc1cccs1)c1ccc(F)cc1. The summed E-state index contributed by atoms with van der Waals surface area (Å²) >= 11 is 1.78. The second-order valence-corrected chi connectivity index (χ2v) is 7.20. The highest BCUT2D eigenvalue weighted by molar-refractivity contribution is 7.09. The largest absolute Gasteiger partial charge is 0.311 e. The molecule has 0 radical (unpaired) electrons. The molecule has 3 heteroatoms. The molecule has 0 aliphatic carbocycles. The van der Waals surface area contributed by atoms with E-state index in [1.54, 1.807) is 23.5 Å². The Morgan fingerprint density at radius 3 is 2.40 bits per heavy atom. The maximum Gasteiger partial charge on any atom is 0.123 e. The topological polar surface area (TPSA) is 12.0 Å². The number of thiophene rings is 1. The summed E-state index contributed by atoms with van der Waals surface area (Å²) in [6, 6.07) is 11.1. The predicted molar refractivity (Wildman–Crippen MR) is 84.9 cm³/mol. The van der Waals surface area contributed by atoms with Crippen molar-refractivity contribution in [2.45, 2.75) is 38.6 Å². The molecule has 0 saturated heterocycles. The average Bonchev–Trinajstić information content (AvgIpc) is 2.87. The number of hydrogen-bond acceptors (Lipinski definition) is 2. The van der Waals surface area contributed by atoms with Gasteiger partial charge in [0.2, 0.25) is 0 Å². The highest BCUT2D eigenvalue weighted by atomic mass is 32.1. The van der Waals surface area contributed by atoms with E-state index in [1.807, 2.05) is 12.1 Å². The zero-order chi connectivity index (χ0) is 14.6. The van der Waals surface area contributed by atoms with Crippen LogP contribution in [0.25, 0.3) is 0 Å². The summed E-state index contributed by atoms with van der Waals surface area (Å²) in [5.74, 6) is 0.195. The molecule has 0 bridgehead atoms. The first-order valence-corrected chi connectivity index (χ1v) is 7.85. The van der Waals surface area contributed by atoms with E-state index in [1.165, 1.54) is 10.4 Å². The Balaban J connectivity index is 2.12. The van der Waals surface area contributed by atoms with E-state index >= 15 is 0 Å². The van der Waals surface area contributed by atoms with Gasteiger partial charge in [-0.2, -0.15) is 0 Å². The third-order valence-electron chi connectivity index (χ3n) is 3.25. The van der Waals surface area contributed by atoms with Crippen LogP contribution in [0.4, 0.5) is 4.39 Å². The van der Waals surface area contributed by atoms with Crippen LogP contribution in [0.3, 0.4) is 0 Å². The second-order valence-electron chi connectivity index (χ2n) is 6.16. The lowest BCUT2D eigenvalue weighted by atomic mass is 9.93. The van der Waals surface area contributed by atoms with E-state index in [0.717, 1.165) is 13.0 Å². The van der Waals surface area contributed by atoms with Crippen LogP contribution in [0.1, 0.15) is 37.1 Å². The smallest absolute Gasteiger partial charge is 0.123 e. The van der Waals surface area contributed by atoms with Gasteiger partial charge in [0, 0.05) is 22.9 Å². The van der Waals surface area contributed by atoms with Gasteiger partial charge >= 0.3 is 0 Å². The standard InChI is InChI=1S/C17H22FNS/c1-17(2,3)19-12-14(11-16-5-4-10-20-16)13-6-8-15(18)9-7-13/h4-10,14,19H,11-12H2,1-3H3. The zero-order valence-corrected chi connectivity index (χ0v) is 13.1. The molecule has 0 saturated carbocycles. The number of benzene rings is 1. The quantitative estimate of drug-likeness (QED) is 0.849. The van der Waals surface area contributed by atoms with Gasteiger partial charge in [0.15, 0.2) is 0 Å². The maximum absolute atomic E-state index is 13.1. The molecule has 0 amide bonds. The minimum Gasteiger partial charge on any atom is -0.311 e. The van der Waals surface area contributed by atoms with Crippen LogP contribution in [-0.2, 0) is 6.42 Å². The van der Waals surface area contributed by atoms with Crippen LogP contribution in [0.5, 0.6) is 0 Å². The molecule has 2 rings (SSSR count). The lowest BCUT2D eigenvalue weighted by Gasteiger charge is -2.25. The molecule has 0 aliphatic heterocycles. The van der Waals surface area contributed by atoms with Gasteiger partial charge in [-0.25, -0.2) is 4.39 Å². The van der Waals surface area contributed by atoms with Gasteiger partial charge in [0.05, 0.1) is 0 Å². The highest BCUT2D eigenvalue weighted by Gasteiger charge is 2.17. The Labute approximate surface area is 124 Å². The lowest BCUT2D eigenvalue weighted by Crippen LogP contribution is -2.39. The van der Waals surface area contributed by atoms with Gasteiger partial charge < -0.3 is 5.32 Å². The molecule has 1 heterocycles. The summed E-state index contributed by atoms with van der Waals surface area (Å²) in [6.45, 7) is 7.40. The third kappa shape index (κ3) is 4.73. The first-order chi connectivity index (χ1) is 9.44. The molecule has 1 unspecified atom stereocenters. The Morgan fingerprint density at radius 2 is 1.85 bits per heavy atom. The molecule has 1 aromatic carbocycles. The highest BCUT2D eigenvalue weighted by Crippen LogP contribution is 2.24. The molecule has 108 valence electrons. The first kappa shape index (κ1) is 15.2.